The van der Waals surface area contributed by atoms with Crippen LogP contribution in [-0.4, -0.2) is 7.63 Å². The molecule has 1 atom stereocenters. The second-order valence-electron chi connectivity index (χ2n) is 13.7. The Morgan fingerprint density at radius 3 is 1.82 bits per heavy atom. The quantitative estimate of drug-likeness (QED) is 0.217. The van der Waals surface area contributed by atoms with Gasteiger partial charge in [0.15, 0.2) is 0 Å². The first-order chi connectivity index (χ1) is 19.0. The molecule has 0 saturated carbocycles. The molecule has 0 heterocycles. The van der Waals surface area contributed by atoms with Gasteiger partial charge in [0.05, 0.1) is 0 Å². The van der Waals surface area contributed by atoms with E-state index in [9.17, 15) is 0 Å². The molecule has 0 N–H and O–H groups in total. The maximum atomic E-state index is 2.59. The second kappa shape index (κ2) is 9.98. The molecule has 0 spiro atoms. The van der Waals surface area contributed by atoms with E-state index in [0.29, 0.717) is 4.22 Å². The van der Waals surface area contributed by atoms with Crippen molar-refractivity contribution >= 4 is 20.9 Å². The molecule has 0 aromatic heterocycles. The zero-order chi connectivity index (χ0) is 28.3. The summed E-state index contributed by atoms with van der Waals surface area (Å²) in [7, 11) is 2.37. The Morgan fingerprint density at radius 2 is 1.30 bits per heavy atom. The molecule has 0 radical (unpaired) electrons. The summed E-state index contributed by atoms with van der Waals surface area (Å²) in [5.41, 5.74) is 12.1. The number of hydrogen-bond acceptors (Lipinski definition) is 0. The molecule has 1 unspecified atom stereocenters. The summed E-state index contributed by atoms with van der Waals surface area (Å²) in [6.07, 6.45) is 7.97. The van der Waals surface area contributed by atoms with Gasteiger partial charge in [0.25, 0.3) is 0 Å². The van der Waals surface area contributed by atoms with Gasteiger partial charge in [0.2, 0.25) is 0 Å². The van der Waals surface area contributed by atoms with E-state index < -0.39 is 15.3 Å². The zero-order valence-corrected chi connectivity index (χ0v) is 27.9. The molecule has 4 aromatic rings. The van der Waals surface area contributed by atoms with Crippen molar-refractivity contribution in [3.05, 3.63) is 137 Å². The molecule has 0 nitrogen and oxygen atoms in total. The molecule has 0 aliphatic heterocycles. The molecule has 0 amide bonds. The molecule has 0 saturated heterocycles. The van der Waals surface area contributed by atoms with Crippen LogP contribution in [0.25, 0.3) is 16.7 Å². The van der Waals surface area contributed by atoms with Crippen LogP contribution in [0.2, 0.25) is 0 Å². The van der Waals surface area contributed by atoms with E-state index in [4.69, 9.17) is 0 Å². The van der Waals surface area contributed by atoms with Gasteiger partial charge in [-0.2, -0.15) is 0 Å². The standard InChI is InChI=1S/C26H29.2C6H5.H2Si.Ti/c1-25(2,3)19-11-12-20-18(15-19)16-22-21(20)13-14-23(26(4,5)6)24(22)17-9-7-8-10-17;2*1-2-4-6-5-3-1;;/h7-9,11-16H,10H2,1-6H3;2*1-5H;1H2;. The van der Waals surface area contributed by atoms with E-state index in [1.807, 2.05) is 0 Å². The third-order valence-electron chi connectivity index (χ3n) is 9.02. The Hall–Kier alpha value is -2.71. The van der Waals surface area contributed by atoms with Gasteiger partial charge in [-0.15, -0.1) is 0 Å². The number of allylic oxidation sites excluding steroid dienone is 4. The van der Waals surface area contributed by atoms with Gasteiger partial charge in [0, 0.05) is 0 Å². The minimum absolute atomic E-state index is 0.0505. The zero-order valence-electron chi connectivity index (χ0n) is 24.9. The molecule has 0 fully saturated rings. The van der Waals surface area contributed by atoms with Gasteiger partial charge < -0.3 is 0 Å². The molecule has 2 aliphatic rings. The Kier molecular flexibility index (Phi) is 6.85. The van der Waals surface area contributed by atoms with E-state index >= 15 is 0 Å². The number of benzene rings is 4. The molecule has 0 bridgehead atoms. The van der Waals surface area contributed by atoms with Gasteiger partial charge in [0.1, 0.15) is 0 Å². The van der Waals surface area contributed by atoms with Crippen molar-refractivity contribution in [1.29, 1.82) is 0 Å². The summed E-state index contributed by atoms with van der Waals surface area (Å²) < 4.78 is 3.49. The topological polar surface area (TPSA) is 0 Å². The summed E-state index contributed by atoms with van der Waals surface area (Å²) in [5, 5.41) is 0. The van der Waals surface area contributed by atoms with Crippen LogP contribution in [0.5, 0.6) is 0 Å². The van der Waals surface area contributed by atoms with Crippen LogP contribution in [0.15, 0.2) is 109 Å². The predicted molar refractivity (Wildman–Crippen MR) is 174 cm³/mol. The van der Waals surface area contributed by atoms with Crippen LogP contribution in [0.3, 0.4) is 0 Å². The fourth-order valence-electron chi connectivity index (χ4n) is 6.91. The Balaban J connectivity index is 1.77. The summed E-state index contributed by atoms with van der Waals surface area (Å²) >= 11 is -3.07. The van der Waals surface area contributed by atoms with Crippen molar-refractivity contribution < 1.29 is 15.3 Å². The summed E-state index contributed by atoms with van der Waals surface area (Å²) in [4.78, 5) is 0. The van der Waals surface area contributed by atoms with Gasteiger partial charge in [-0.05, 0) is 0 Å². The third kappa shape index (κ3) is 4.48. The first-order valence-electron chi connectivity index (χ1n) is 14.7. The predicted octanol–water partition coefficient (Wildman–Crippen LogP) is 8.05. The van der Waals surface area contributed by atoms with Crippen LogP contribution in [-0.2, 0) is 26.2 Å². The first-order valence-corrected chi connectivity index (χ1v) is 21.1. The van der Waals surface area contributed by atoms with Crippen LogP contribution in [0.1, 0.15) is 80.0 Å². The minimum atomic E-state index is -3.07. The van der Waals surface area contributed by atoms with E-state index in [1.165, 1.54) is 33.4 Å². The number of rotatable bonds is 4. The maximum absolute atomic E-state index is 3.07. The van der Waals surface area contributed by atoms with E-state index in [2.05, 4.69) is 158 Å². The van der Waals surface area contributed by atoms with Gasteiger partial charge in [-0.1, -0.05) is 0 Å². The Morgan fingerprint density at radius 1 is 0.700 bits per heavy atom. The van der Waals surface area contributed by atoms with Crippen molar-refractivity contribution in [2.75, 3.05) is 0 Å². The van der Waals surface area contributed by atoms with Gasteiger partial charge in [-0.25, -0.2) is 0 Å². The average molecular weight is 574 g/mol. The molecule has 6 rings (SSSR count). The van der Waals surface area contributed by atoms with Crippen molar-refractivity contribution in [3.8, 4) is 11.1 Å². The van der Waals surface area contributed by atoms with Gasteiger partial charge >= 0.3 is 247 Å². The molecule has 2 aliphatic carbocycles. The van der Waals surface area contributed by atoms with Crippen LogP contribution >= 0.6 is 0 Å². The van der Waals surface area contributed by atoms with Crippen LogP contribution in [0, 0.1) is 0 Å². The Bertz CT molecular complexity index is 1650. The molecular weight excluding hydrogens is 532 g/mol. The third-order valence-corrected chi connectivity index (χ3v) is 20.8. The first kappa shape index (κ1) is 27.5. The normalized spacial score (nSPS) is 16.6. The fraction of sp³-hybridized carbons (Fsp3) is 0.263. The average Bonchev–Trinajstić information content (AvgIpc) is 3.58. The Labute approximate surface area is 246 Å². The summed E-state index contributed by atoms with van der Waals surface area (Å²) in [5.74, 6) is 0. The summed E-state index contributed by atoms with van der Waals surface area (Å²) in [6, 6.07) is 35.4. The number of fused-ring (bicyclic) bond motifs is 3. The molecule has 4 aromatic carbocycles. The molecule has 201 valence electrons. The molecule has 2 heteroatoms. The van der Waals surface area contributed by atoms with E-state index in [1.54, 1.807) is 18.9 Å². The van der Waals surface area contributed by atoms with Crippen LogP contribution < -0.4 is 7.74 Å². The molecule has 40 heavy (non-hydrogen) atoms. The number of hydrogen-bond donors (Lipinski definition) is 0. The van der Waals surface area contributed by atoms with Crippen molar-refractivity contribution in [2.24, 2.45) is 0 Å². The van der Waals surface area contributed by atoms with Crippen molar-refractivity contribution in [1.82, 2.24) is 0 Å². The van der Waals surface area contributed by atoms with Crippen molar-refractivity contribution in [3.63, 3.8) is 0 Å². The van der Waals surface area contributed by atoms with Crippen LogP contribution in [0.4, 0.5) is 0 Å². The SMILES string of the molecule is CC(C)(C)c1ccc2c(c1)[CH]([Ti](=[SiH2])([c]1ccccc1)[c]1ccccc1)c1c-2ccc(C(C)(C)C)c1C1=CC=CC1. The molecular formula is C38H41SiTi. The summed E-state index contributed by atoms with van der Waals surface area (Å²) in [6.45, 7) is 14.2. The monoisotopic (exact) mass is 573 g/mol. The van der Waals surface area contributed by atoms with Crippen molar-refractivity contribution in [2.45, 2.75) is 63.0 Å². The van der Waals surface area contributed by atoms with E-state index in [0.717, 1.165) is 6.42 Å². The van der Waals surface area contributed by atoms with E-state index in [-0.39, 0.29) is 10.8 Å². The van der Waals surface area contributed by atoms with Gasteiger partial charge in [-0.3, -0.25) is 0 Å². The fourth-order valence-corrected chi connectivity index (χ4v) is 17.1. The second-order valence-corrected chi connectivity index (χ2v) is 24.0.